The maximum absolute atomic E-state index is 13.5. The van der Waals surface area contributed by atoms with E-state index in [1.807, 2.05) is 90.7 Å². The summed E-state index contributed by atoms with van der Waals surface area (Å²) in [6.07, 6.45) is 3.35. The molecule has 0 bridgehead atoms. The number of fused-ring (bicyclic) bond motifs is 2. The Labute approximate surface area is 297 Å². The lowest BCUT2D eigenvalue weighted by Gasteiger charge is -2.39. The molecule has 256 valence electrons. The number of para-hydroxylation sites is 1. The number of methoxy groups -OCH3 is 1. The van der Waals surface area contributed by atoms with Crippen LogP contribution in [0.15, 0.2) is 121 Å². The van der Waals surface area contributed by atoms with Crippen LogP contribution in [0.1, 0.15) is 29.2 Å². The molecule has 1 amide bonds. The molecule has 0 saturated carbocycles. The molecule has 7 rings (SSSR count). The molecule has 1 aromatic heterocycles. The zero-order valence-electron chi connectivity index (χ0n) is 28.0. The van der Waals surface area contributed by atoms with Gasteiger partial charge in [-0.15, -0.1) is 6.58 Å². The summed E-state index contributed by atoms with van der Waals surface area (Å²) in [5, 5.41) is 0.847. The van der Waals surface area contributed by atoms with Crippen LogP contribution in [0.4, 0.5) is 4.79 Å². The van der Waals surface area contributed by atoms with Crippen LogP contribution in [0.2, 0.25) is 0 Å². The predicted octanol–water partition coefficient (Wildman–Crippen LogP) is 8.78. The molecule has 8 nitrogen and oxygen atoms in total. The van der Waals surface area contributed by atoms with Gasteiger partial charge in [0.25, 0.3) is 5.24 Å². The van der Waals surface area contributed by atoms with E-state index in [1.54, 1.807) is 31.4 Å². The van der Waals surface area contributed by atoms with Crippen molar-refractivity contribution >= 4 is 37.9 Å². The molecule has 1 N–H and O–H groups in total. The van der Waals surface area contributed by atoms with Crippen molar-refractivity contribution in [2.45, 2.75) is 36.0 Å². The number of pyridine rings is 1. The number of hydrogen-bond acceptors (Lipinski definition) is 7. The van der Waals surface area contributed by atoms with Crippen LogP contribution >= 0.6 is 11.8 Å². The minimum Gasteiger partial charge on any atom is -0.497 e. The molecule has 2 saturated heterocycles. The summed E-state index contributed by atoms with van der Waals surface area (Å²) in [5.41, 5.74) is 4.57. The molecule has 0 unspecified atom stereocenters. The largest absolute Gasteiger partial charge is 0.497 e. The Balaban J connectivity index is 1.17. The van der Waals surface area contributed by atoms with Crippen LogP contribution in [-0.4, -0.2) is 49.8 Å². The van der Waals surface area contributed by atoms with Gasteiger partial charge >= 0.3 is 0 Å². The minimum atomic E-state index is -3.67. The van der Waals surface area contributed by atoms with E-state index in [2.05, 4.69) is 17.4 Å². The summed E-state index contributed by atoms with van der Waals surface area (Å²) in [6.45, 7) is 6.86. The van der Waals surface area contributed by atoms with E-state index in [4.69, 9.17) is 14.5 Å². The third-order valence-corrected chi connectivity index (χ3v) is 12.4. The second kappa shape index (κ2) is 14.3. The summed E-state index contributed by atoms with van der Waals surface area (Å²) in [5.74, 6) is 2.25. The molecule has 10 heteroatoms. The van der Waals surface area contributed by atoms with Crippen molar-refractivity contribution in [1.82, 2.24) is 14.6 Å². The molecule has 50 heavy (non-hydrogen) atoms. The van der Waals surface area contributed by atoms with Gasteiger partial charge in [-0.05, 0) is 110 Å². The highest BCUT2D eigenvalue weighted by Gasteiger charge is 2.46. The van der Waals surface area contributed by atoms with Gasteiger partial charge in [-0.2, -0.15) is 0 Å². The number of aromatic nitrogens is 1. The molecule has 0 radical (unpaired) electrons. The van der Waals surface area contributed by atoms with Gasteiger partial charge in [0, 0.05) is 30.1 Å². The zero-order valence-corrected chi connectivity index (χ0v) is 29.6. The molecule has 2 aliphatic heterocycles. The molecule has 2 aliphatic rings. The number of rotatable bonds is 11. The first-order valence-electron chi connectivity index (χ1n) is 16.7. The van der Waals surface area contributed by atoms with Gasteiger partial charge in [0.1, 0.15) is 17.2 Å². The quantitative estimate of drug-likeness (QED) is 0.137. The topological polar surface area (TPSA) is 97.8 Å². The van der Waals surface area contributed by atoms with Crippen LogP contribution in [0, 0.1) is 18.8 Å². The monoisotopic (exact) mass is 705 g/mol. The summed E-state index contributed by atoms with van der Waals surface area (Å²) < 4.78 is 40.7. The fourth-order valence-electron chi connectivity index (χ4n) is 6.96. The van der Waals surface area contributed by atoms with Crippen molar-refractivity contribution in [3.63, 3.8) is 0 Å². The van der Waals surface area contributed by atoms with Crippen LogP contribution in [0.3, 0.4) is 0 Å². The molecular weight excluding hydrogens is 667 g/mol. The number of nitrogens with one attached hydrogen (secondary N) is 1. The molecule has 5 aromatic rings. The third kappa shape index (κ3) is 7.01. The summed E-state index contributed by atoms with van der Waals surface area (Å²) in [4.78, 5) is 20.8. The number of sulfonamides is 1. The van der Waals surface area contributed by atoms with E-state index < -0.39 is 10.0 Å². The molecule has 4 aromatic carbocycles. The fourth-order valence-corrected chi connectivity index (χ4v) is 9.35. The highest BCUT2D eigenvalue weighted by Crippen LogP contribution is 2.51. The van der Waals surface area contributed by atoms with E-state index >= 15 is 0 Å². The Morgan fingerprint density at radius 1 is 0.980 bits per heavy atom. The number of benzene rings is 4. The van der Waals surface area contributed by atoms with Crippen molar-refractivity contribution in [2.24, 2.45) is 11.8 Å². The van der Waals surface area contributed by atoms with Gasteiger partial charge < -0.3 is 14.4 Å². The number of carbonyl (C=O) groups is 1. The average Bonchev–Trinajstić information content (AvgIpc) is 3.47. The minimum absolute atomic E-state index is 0.0606. The van der Waals surface area contributed by atoms with Crippen LogP contribution in [-0.2, 0) is 10.0 Å². The van der Waals surface area contributed by atoms with Gasteiger partial charge in [0.2, 0.25) is 10.0 Å². The molecule has 2 fully saturated rings. The first kappa shape index (κ1) is 33.8. The summed E-state index contributed by atoms with van der Waals surface area (Å²) in [7, 11) is -2.03. The lowest BCUT2D eigenvalue weighted by Crippen LogP contribution is -2.44. The Morgan fingerprint density at radius 2 is 1.70 bits per heavy atom. The van der Waals surface area contributed by atoms with E-state index in [-0.39, 0.29) is 39.8 Å². The third-order valence-electron chi connectivity index (χ3n) is 9.73. The number of piperidine rings is 1. The molecule has 3 heterocycles. The first-order valence-corrected chi connectivity index (χ1v) is 19.1. The van der Waals surface area contributed by atoms with E-state index in [0.29, 0.717) is 6.54 Å². The second-order valence-electron chi connectivity index (χ2n) is 12.8. The van der Waals surface area contributed by atoms with Gasteiger partial charge in [-0.1, -0.05) is 53.7 Å². The van der Waals surface area contributed by atoms with Crippen LogP contribution in [0.5, 0.6) is 17.2 Å². The predicted molar refractivity (Wildman–Crippen MR) is 199 cm³/mol. The Bertz CT molecular complexity index is 2120. The van der Waals surface area contributed by atoms with E-state index in [0.717, 1.165) is 63.4 Å². The molecule has 0 aliphatic carbocycles. The van der Waals surface area contributed by atoms with Gasteiger partial charge in [-0.3, -0.25) is 4.79 Å². The Kier molecular flexibility index (Phi) is 9.68. The van der Waals surface area contributed by atoms with Crippen LogP contribution < -0.4 is 14.2 Å². The zero-order chi connectivity index (χ0) is 34.8. The smallest absolute Gasteiger partial charge is 0.282 e. The number of thioether (sulfide) groups is 1. The van der Waals surface area contributed by atoms with Crippen molar-refractivity contribution in [2.75, 3.05) is 20.2 Å². The van der Waals surface area contributed by atoms with E-state index in [9.17, 15) is 13.2 Å². The lowest BCUT2D eigenvalue weighted by atomic mass is 9.79. The maximum atomic E-state index is 13.5. The highest BCUT2D eigenvalue weighted by atomic mass is 32.2. The van der Waals surface area contributed by atoms with Crippen molar-refractivity contribution < 1.29 is 22.7 Å². The number of ether oxygens (including phenoxy) is 2. The average molecular weight is 706 g/mol. The fraction of sp³-hybridized carbons (Fsp3) is 0.250. The molecule has 4 atom stereocenters. The van der Waals surface area contributed by atoms with Gasteiger partial charge in [-0.25, -0.2) is 18.1 Å². The highest BCUT2D eigenvalue weighted by molar-refractivity contribution is 8.14. The van der Waals surface area contributed by atoms with Gasteiger partial charge in [0.15, 0.2) is 0 Å². The molecular formula is C40H39N3O5S2. The number of carbonyl (C=O) groups excluding carboxylic acids is 1. The summed E-state index contributed by atoms with van der Waals surface area (Å²) in [6, 6.07) is 32.3. The lowest BCUT2D eigenvalue weighted by molar-refractivity contribution is 0.135. The van der Waals surface area contributed by atoms with Crippen molar-refractivity contribution in [1.29, 1.82) is 0 Å². The number of hydrogen-bond donors (Lipinski definition) is 1. The maximum Gasteiger partial charge on any atom is 0.282 e. The number of nitrogens with zero attached hydrogens (tertiary/aromatic N) is 2. The van der Waals surface area contributed by atoms with Crippen molar-refractivity contribution in [3.05, 3.63) is 127 Å². The standard InChI is InChI=1S/C40H39N3O5S2/c1-4-27(25-41-50(45,46)33-17-10-26(2)11-18-33)29-20-21-43-38(22-29)39(49-40(43)44)35-24-37(42-36-19-16-32(47-3)23-34(35)36)28-12-14-31(15-13-28)48-30-8-6-5-7-9-30/h4-19,23-24,27,29,38-39,41H,1,20-22,25H2,2-3H3/t27-,29-,38-,39-/m0/s1. The first-order chi connectivity index (χ1) is 24.2. The number of amides is 1. The van der Waals surface area contributed by atoms with E-state index in [1.165, 1.54) is 11.8 Å². The van der Waals surface area contributed by atoms with Gasteiger partial charge in [0.05, 0.1) is 28.5 Å². The Hall–Kier alpha value is -4.64. The summed E-state index contributed by atoms with van der Waals surface area (Å²) >= 11 is 1.36. The SMILES string of the molecule is C=C[C@@H](CNS(=O)(=O)c1ccc(C)cc1)[C@H]1CCN2C(=O)S[C@@H](c3cc(-c4ccc(Oc5ccccc5)cc4)nc4ccc(OC)cc34)[C@@H]2C1. The Morgan fingerprint density at radius 3 is 2.42 bits per heavy atom. The molecule has 0 spiro atoms. The van der Waals surface area contributed by atoms with Crippen LogP contribution in [0.25, 0.3) is 22.2 Å². The van der Waals surface area contributed by atoms with Crippen molar-refractivity contribution in [3.8, 4) is 28.5 Å². The second-order valence-corrected chi connectivity index (χ2v) is 15.7. The number of aryl methyl sites for hydroxylation is 1. The normalized spacial score (nSPS) is 19.6.